The topological polar surface area (TPSA) is 63.4 Å². The summed E-state index contributed by atoms with van der Waals surface area (Å²) >= 11 is 0. The fourth-order valence-electron chi connectivity index (χ4n) is 3.88. The van der Waals surface area contributed by atoms with Crippen molar-refractivity contribution < 1.29 is 8.42 Å². The first-order chi connectivity index (χ1) is 11.1. The number of nitrogens with two attached hydrogens (primary N) is 1. The van der Waals surface area contributed by atoms with Crippen LogP contribution in [0.1, 0.15) is 56.4 Å². The van der Waals surface area contributed by atoms with Crippen LogP contribution in [0.3, 0.4) is 0 Å². The summed E-state index contributed by atoms with van der Waals surface area (Å²) in [7, 11) is -3.35. The molecule has 3 rings (SSSR count). The maximum Gasteiger partial charge on any atom is 0.243 e. The van der Waals surface area contributed by atoms with Gasteiger partial charge < -0.3 is 5.73 Å². The van der Waals surface area contributed by atoms with Crippen LogP contribution in [0.15, 0.2) is 29.2 Å². The Hall–Kier alpha value is -0.620. The standard InChI is InChI=1S/C18H28N2O2S.ClH/c19-14-15-10-12-20(13-11-15)23(21,22)18-8-6-17(7-9-18)16-4-2-1-3-5-16;/h6-9,15-16H,1-5,10-14,19H2;1H. The highest BCUT2D eigenvalue weighted by Crippen LogP contribution is 2.33. The molecule has 1 aromatic carbocycles. The minimum atomic E-state index is -3.35. The van der Waals surface area contributed by atoms with E-state index in [0.717, 1.165) is 12.8 Å². The summed E-state index contributed by atoms with van der Waals surface area (Å²) in [4.78, 5) is 0.434. The van der Waals surface area contributed by atoms with Gasteiger partial charge in [-0.25, -0.2) is 8.42 Å². The van der Waals surface area contributed by atoms with Gasteiger partial charge in [-0.1, -0.05) is 31.4 Å². The van der Waals surface area contributed by atoms with Crippen molar-refractivity contribution in [3.63, 3.8) is 0 Å². The van der Waals surface area contributed by atoms with Gasteiger partial charge in [-0.15, -0.1) is 12.4 Å². The van der Waals surface area contributed by atoms with E-state index in [9.17, 15) is 8.42 Å². The Morgan fingerprint density at radius 1 is 0.958 bits per heavy atom. The molecule has 1 saturated carbocycles. The van der Waals surface area contributed by atoms with Gasteiger partial charge in [0.1, 0.15) is 0 Å². The molecule has 1 heterocycles. The van der Waals surface area contributed by atoms with E-state index in [4.69, 9.17) is 5.73 Å². The zero-order valence-electron chi connectivity index (χ0n) is 14.2. The number of benzene rings is 1. The van der Waals surface area contributed by atoms with Crippen molar-refractivity contribution in [3.05, 3.63) is 29.8 Å². The van der Waals surface area contributed by atoms with E-state index in [-0.39, 0.29) is 12.4 Å². The van der Waals surface area contributed by atoms with Crippen LogP contribution < -0.4 is 5.73 Å². The first-order valence-electron chi connectivity index (χ1n) is 8.91. The van der Waals surface area contributed by atoms with Gasteiger partial charge in [0.05, 0.1) is 4.90 Å². The van der Waals surface area contributed by atoms with Crippen LogP contribution in [0.2, 0.25) is 0 Å². The Kier molecular flexibility index (Phi) is 7.10. The molecule has 2 aliphatic rings. The summed E-state index contributed by atoms with van der Waals surface area (Å²) < 4.78 is 27.1. The van der Waals surface area contributed by atoms with Gasteiger partial charge >= 0.3 is 0 Å². The third-order valence-electron chi connectivity index (χ3n) is 5.50. The van der Waals surface area contributed by atoms with Crippen molar-refractivity contribution >= 4 is 22.4 Å². The van der Waals surface area contributed by atoms with Crippen LogP contribution in [-0.2, 0) is 10.0 Å². The van der Waals surface area contributed by atoms with E-state index >= 15 is 0 Å². The highest BCUT2D eigenvalue weighted by molar-refractivity contribution is 7.89. The molecule has 0 radical (unpaired) electrons. The van der Waals surface area contributed by atoms with E-state index in [1.807, 2.05) is 12.1 Å². The molecule has 1 aromatic rings. The summed E-state index contributed by atoms with van der Waals surface area (Å²) in [6.45, 7) is 1.84. The molecule has 0 spiro atoms. The lowest BCUT2D eigenvalue weighted by Gasteiger charge is -2.30. The van der Waals surface area contributed by atoms with E-state index in [0.29, 0.717) is 36.4 Å². The highest BCUT2D eigenvalue weighted by atomic mass is 35.5. The number of nitrogens with zero attached hydrogens (tertiary/aromatic N) is 1. The summed E-state index contributed by atoms with van der Waals surface area (Å²) in [5, 5.41) is 0. The van der Waals surface area contributed by atoms with Crippen molar-refractivity contribution in [3.8, 4) is 0 Å². The van der Waals surface area contributed by atoms with Gasteiger partial charge in [-0.05, 0) is 61.8 Å². The minimum Gasteiger partial charge on any atom is -0.330 e. The molecular weight excluding hydrogens is 344 g/mol. The van der Waals surface area contributed by atoms with E-state index < -0.39 is 10.0 Å². The highest BCUT2D eigenvalue weighted by Gasteiger charge is 2.29. The number of hydrogen-bond acceptors (Lipinski definition) is 3. The SMILES string of the molecule is Cl.NCC1CCN(S(=O)(=O)c2ccc(C3CCCCC3)cc2)CC1. The maximum atomic E-state index is 12.8. The Morgan fingerprint density at radius 3 is 2.08 bits per heavy atom. The van der Waals surface area contributed by atoms with Gasteiger partial charge in [-0.2, -0.15) is 4.31 Å². The Labute approximate surface area is 152 Å². The minimum absolute atomic E-state index is 0. The second-order valence-electron chi connectivity index (χ2n) is 6.99. The second-order valence-corrected chi connectivity index (χ2v) is 8.93. The zero-order valence-corrected chi connectivity index (χ0v) is 15.8. The lowest BCUT2D eigenvalue weighted by atomic mass is 9.84. The lowest BCUT2D eigenvalue weighted by molar-refractivity contribution is 0.278. The molecular formula is C18H29ClN2O2S. The smallest absolute Gasteiger partial charge is 0.243 e. The monoisotopic (exact) mass is 372 g/mol. The predicted molar refractivity (Wildman–Crippen MR) is 100 cm³/mol. The largest absolute Gasteiger partial charge is 0.330 e. The molecule has 24 heavy (non-hydrogen) atoms. The Morgan fingerprint density at radius 2 is 1.54 bits per heavy atom. The molecule has 1 aliphatic heterocycles. The van der Waals surface area contributed by atoms with Crippen molar-refractivity contribution in [1.29, 1.82) is 0 Å². The normalized spacial score (nSPS) is 21.4. The zero-order chi connectivity index (χ0) is 16.3. The summed E-state index contributed by atoms with van der Waals surface area (Å²) in [5.74, 6) is 1.08. The quantitative estimate of drug-likeness (QED) is 0.879. The van der Waals surface area contributed by atoms with Crippen LogP contribution in [0, 0.1) is 5.92 Å². The summed E-state index contributed by atoms with van der Waals surface area (Å²) in [6.07, 6.45) is 8.13. The van der Waals surface area contributed by atoms with Crippen molar-refractivity contribution in [2.24, 2.45) is 11.7 Å². The van der Waals surface area contributed by atoms with Gasteiger partial charge in [0.25, 0.3) is 0 Å². The molecule has 0 aromatic heterocycles. The van der Waals surface area contributed by atoms with E-state index in [2.05, 4.69) is 0 Å². The first-order valence-corrected chi connectivity index (χ1v) is 10.4. The van der Waals surface area contributed by atoms with Gasteiger partial charge in [0.2, 0.25) is 10.0 Å². The molecule has 0 amide bonds. The fraction of sp³-hybridized carbons (Fsp3) is 0.667. The molecule has 4 nitrogen and oxygen atoms in total. The van der Waals surface area contributed by atoms with Crippen LogP contribution in [0.25, 0.3) is 0 Å². The van der Waals surface area contributed by atoms with Gasteiger partial charge in [0.15, 0.2) is 0 Å². The molecule has 6 heteroatoms. The van der Waals surface area contributed by atoms with Gasteiger partial charge in [-0.3, -0.25) is 0 Å². The molecule has 2 N–H and O–H groups in total. The molecule has 136 valence electrons. The predicted octanol–water partition coefficient (Wildman–Crippen LogP) is 3.52. The van der Waals surface area contributed by atoms with Crippen molar-refractivity contribution in [2.45, 2.75) is 55.8 Å². The number of rotatable bonds is 4. The number of sulfonamides is 1. The van der Waals surface area contributed by atoms with E-state index in [1.165, 1.54) is 37.7 Å². The fourth-order valence-corrected chi connectivity index (χ4v) is 5.35. The van der Waals surface area contributed by atoms with Crippen LogP contribution in [0.4, 0.5) is 0 Å². The number of hydrogen-bond donors (Lipinski definition) is 1. The molecule has 1 aliphatic carbocycles. The Bertz CT molecular complexity index is 604. The molecule has 2 fully saturated rings. The van der Waals surface area contributed by atoms with Gasteiger partial charge in [0, 0.05) is 13.1 Å². The molecule has 0 unspecified atom stereocenters. The lowest BCUT2D eigenvalue weighted by Crippen LogP contribution is -2.40. The summed E-state index contributed by atoms with van der Waals surface area (Å²) in [6, 6.07) is 7.65. The average Bonchev–Trinajstić information content (AvgIpc) is 2.62. The molecule has 0 bridgehead atoms. The number of piperidine rings is 1. The summed E-state index contributed by atoms with van der Waals surface area (Å²) in [5.41, 5.74) is 6.99. The van der Waals surface area contributed by atoms with Crippen molar-refractivity contribution in [2.75, 3.05) is 19.6 Å². The second kappa shape index (κ2) is 8.65. The first kappa shape index (κ1) is 19.7. The third kappa shape index (κ3) is 4.31. The third-order valence-corrected chi connectivity index (χ3v) is 7.41. The van der Waals surface area contributed by atoms with Crippen LogP contribution >= 0.6 is 12.4 Å². The van der Waals surface area contributed by atoms with E-state index in [1.54, 1.807) is 16.4 Å². The van der Waals surface area contributed by atoms with Crippen LogP contribution in [-0.4, -0.2) is 32.4 Å². The molecule has 1 saturated heterocycles. The maximum absolute atomic E-state index is 12.8. The van der Waals surface area contributed by atoms with Crippen LogP contribution in [0.5, 0.6) is 0 Å². The average molecular weight is 373 g/mol. The Balaban J connectivity index is 0.00000208. The van der Waals surface area contributed by atoms with Crippen molar-refractivity contribution in [1.82, 2.24) is 4.31 Å². The number of halogens is 1. The molecule has 0 atom stereocenters.